The number of quaternary nitrogens is 1. The van der Waals surface area contributed by atoms with Crippen LogP contribution in [-0.2, 0) is 4.79 Å². The number of ether oxygens (including phenoxy) is 2. The fourth-order valence-electron chi connectivity index (χ4n) is 3.52. The van der Waals surface area contributed by atoms with E-state index < -0.39 is 0 Å². The summed E-state index contributed by atoms with van der Waals surface area (Å²) in [4.78, 5) is 25.7. The van der Waals surface area contributed by atoms with Crippen LogP contribution in [0.15, 0.2) is 0 Å². The molecule has 4 rings (SSSR count). The molecule has 0 aromatic carbocycles. The standard InChI is InChI=1S/C18H29N4O3.ClH/c1-3-5-11-24-17-19-16(20-18(21-17)25-12-6-4-2)22-9-7-14(8-10-22)15(23)13-22;/h14H,3-13H2,1-2H3;1H/q+1;/p-1. The van der Waals surface area contributed by atoms with Crippen molar-refractivity contribution in [1.29, 1.82) is 0 Å². The largest absolute Gasteiger partial charge is 1.00 e. The number of hydrogen-bond donors (Lipinski definition) is 0. The maximum atomic E-state index is 12.3. The second-order valence-electron chi connectivity index (χ2n) is 7.10. The van der Waals surface area contributed by atoms with E-state index in [2.05, 4.69) is 28.8 Å². The second kappa shape index (κ2) is 9.46. The van der Waals surface area contributed by atoms with Gasteiger partial charge in [0.1, 0.15) is 6.54 Å². The summed E-state index contributed by atoms with van der Waals surface area (Å²) in [7, 11) is 0. The molecule has 0 atom stereocenters. The maximum absolute atomic E-state index is 12.3. The Balaban J connectivity index is 0.00000243. The molecule has 4 heterocycles. The van der Waals surface area contributed by atoms with E-state index in [0.29, 0.717) is 48.0 Å². The molecule has 0 unspecified atom stereocenters. The summed E-state index contributed by atoms with van der Waals surface area (Å²) in [6.45, 7) is 7.68. The summed E-state index contributed by atoms with van der Waals surface area (Å²) in [5, 5.41) is 0. The van der Waals surface area contributed by atoms with Gasteiger partial charge in [-0.05, 0) is 12.8 Å². The topological polar surface area (TPSA) is 74.2 Å². The van der Waals surface area contributed by atoms with Crippen molar-refractivity contribution in [3.05, 3.63) is 0 Å². The van der Waals surface area contributed by atoms with Gasteiger partial charge in [0.05, 0.1) is 26.3 Å². The molecule has 8 heteroatoms. The highest BCUT2D eigenvalue weighted by Gasteiger charge is 2.49. The normalized spacial score (nSPS) is 24.2. The third-order valence-electron chi connectivity index (χ3n) is 5.19. The van der Waals surface area contributed by atoms with Crippen molar-refractivity contribution in [3.8, 4) is 12.0 Å². The van der Waals surface area contributed by atoms with Gasteiger partial charge in [0.25, 0.3) is 0 Å². The predicted molar refractivity (Wildman–Crippen MR) is 94.8 cm³/mol. The minimum absolute atomic E-state index is 0. The number of piperidine rings is 3. The van der Waals surface area contributed by atoms with E-state index in [9.17, 15) is 4.79 Å². The number of unbranched alkanes of at least 4 members (excludes halogenated alkanes) is 2. The monoisotopic (exact) mass is 384 g/mol. The number of aromatic nitrogens is 3. The molecule has 0 aliphatic carbocycles. The second-order valence-corrected chi connectivity index (χ2v) is 7.10. The van der Waals surface area contributed by atoms with Crippen LogP contribution in [0.1, 0.15) is 52.4 Å². The highest BCUT2D eigenvalue weighted by atomic mass is 35.5. The number of nitrogens with zero attached hydrogens (tertiary/aromatic N) is 4. The lowest BCUT2D eigenvalue weighted by atomic mass is 9.85. The Morgan fingerprint density at radius 1 is 0.962 bits per heavy atom. The van der Waals surface area contributed by atoms with Crippen molar-refractivity contribution in [2.24, 2.45) is 5.92 Å². The summed E-state index contributed by atoms with van der Waals surface area (Å²) < 4.78 is 12.0. The van der Waals surface area contributed by atoms with E-state index in [1.54, 1.807) is 0 Å². The first kappa shape index (κ1) is 20.8. The van der Waals surface area contributed by atoms with E-state index in [4.69, 9.17) is 9.47 Å². The zero-order chi connectivity index (χ0) is 17.7. The van der Waals surface area contributed by atoms with Gasteiger partial charge < -0.3 is 21.9 Å². The molecule has 1 aromatic heterocycles. The Hall–Kier alpha value is -1.47. The fourth-order valence-corrected chi connectivity index (χ4v) is 3.52. The Morgan fingerprint density at radius 3 is 1.96 bits per heavy atom. The third kappa shape index (κ3) is 4.62. The Kier molecular flexibility index (Phi) is 7.58. The van der Waals surface area contributed by atoms with Crippen LogP contribution >= 0.6 is 0 Å². The average Bonchev–Trinajstić information content (AvgIpc) is 2.63. The first-order valence-corrected chi connectivity index (χ1v) is 9.58. The number of fused-ring (bicyclic) bond motifs is 3. The lowest BCUT2D eigenvalue weighted by Crippen LogP contribution is -3.00. The highest BCUT2D eigenvalue weighted by Crippen LogP contribution is 2.35. The maximum Gasteiger partial charge on any atom is 0.338 e. The van der Waals surface area contributed by atoms with Crippen molar-refractivity contribution < 1.29 is 26.7 Å². The molecule has 0 N–H and O–H groups in total. The average molecular weight is 385 g/mol. The van der Waals surface area contributed by atoms with E-state index in [1.165, 1.54) is 0 Å². The van der Waals surface area contributed by atoms with E-state index in [0.717, 1.165) is 51.6 Å². The van der Waals surface area contributed by atoms with Crippen LogP contribution in [0.25, 0.3) is 0 Å². The summed E-state index contributed by atoms with van der Waals surface area (Å²) in [6.07, 6.45) is 5.84. The molecule has 0 amide bonds. The van der Waals surface area contributed by atoms with Gasteiger partial charge >= 0.3 is 18.0 Å². The number of carbonyl (C=O) groups is 1. The molecule has 26 heavy (non-hydrogen) atoms. The van der Waals surface area contributed by atoms with Crippen LogP contribution in [0.5, 0.6) is 12.0 Å². The number of carbonyl (C=O) groups excluding carboxylic acids is 1. The molecule has 0 spiro atoms. The summed E-state index contributed by atoms with van der Waals surface area (Å²) >= 11 is 0. The Labute approximate surface area is 161 Å². The van der Waals surface area contributed by atoms with Crippen LogP contribution in [0.3, 0.4) is 0 Å². The van der Waals surface area contributed by atoms with Gasteiger partial charge in [-0.15, -0.1) is 15.0 Å². The zero-order valence-corrected chi connectivity index (χ0v) is 16.5. The van der Waals surface area contributed by atoms with Gasteiger partial charge in [-0.2, -0.15) is 0 Å². The first-order valence-electron chi connectivity index (χ1n) is 9.58. The molecule has 2 bridgehead atoms. The molecule has 3 fully saturated rings. The van der Waals surface area contributed by atoms with Gasteiger partial charge in [0, 0.05) is 18.8 Å². The van der Waals surface area contributed by atoms with Crippen LogP contribution < -0.4 is 26.4 Å². The lowest BCUT2D eigenvalue weighted by molar-refractivity contribution is -0.130. The molecule has 0 saturated carbocycles. The number of rotatable bonds is 9. The van der Waals surface area contributed by atoms with Gasteiger partial charge in [-0.3, -0.25) is 9.28 Å². The molecule has 1 aromatic rings. The molecule has 146 valence electrons. The van der Waals surface area contributed by atoms with Gasteiger partial charge in [-0.25, -0.2) is 0 Å². The van der Waals surface area contributed by atoms with Gasteiger partial charge in [0.2, 0.25) is 0 Å². The molecular weight excluding hydrogens is 356 g/mol. The van der Waals surface area contributed by atoms with E-state index in [-0.39, 0.29) is 18.3 Å². The SMILES string of the molecule is CCCCOc1nc(OCCCC)nc([N+]23CCC(CC2)C(=O)C3)n1.[Cl-]. The highest BCUT2D eigenvalue weighted by molar-refractivity contribution is 5.86. The summed E-state index contributed by atoms with van der Waals surface area (Å²) in [5.74, 6) is 1.20. The fraction of sp³-hybridized carbons (Fsp3) is 0.778. The smallest absolute Gasteiger partial charge is 0.338 e. The number of halogens is 1. The van der Waals surface area contributed by atoms with E-state index in [1.807, 2.05) is 0 Å². The third-order valence-corrected chi connectivity index (χ3v) is 5.19. The number of ketones is 1. The van der Waals surface area contributed by atoms with Crippen molar-refractivity contribution in [2.75, 3.05) is 32.8 Å². The van der Waals surface area contributed by atoms with Crippen molar-refractivity contribution in [1.82, 2.24) is 19.4 Å². The molecular formula is C18H29ClN4O3. The lowest BCUT2D eigenvalue weighted by Gasteiger charge is -2.45. The molecule has 3 saturated heterocycles. The molecule has 3 aliphatic rings. The van der Waals surface area contributed by atoms with Crippen LogP contribution in [-0.4, -0.2) is 53.6 Å². The summed E-state index contributed by atoms with van der Waals surface area (Å²) in [5.41, 5.74) is 0. The molecule has 0 radical (unpaired) electrons. The molecule has 7 nitrogen and oxygen atoms in total. The Morgan fingerprint density at radius 2 is 1.50 bits per heavy atom. The van der Waals surface area contributed by atoms with Crippen LogP contribution in [0.2, 0.25) is 0 Å². The zero-order valence-electron chi connectivity index (χ0n) is 15.7. The summed E-state index contributed by atoms with van der Waals surface area (Å²) in [6, 6.07) is 0.634. The first-order chi connectivity index (χ1) is 12.2. The van der Waals surface area contributed by atoms with Crippen LogP contribution in [0.4, 0.5) is 5.95 Å². The number of hydrogen-bond acceptors (Lipinski definition) is 6. The Bertz CT molecular complexity index is 578. The van der Waals surface area contributed by atoms with Crippen LogP contribution in [0, 0.1) is 5.92 Å². The van der Waals surface area contributed by atoms with Gasteiger partial charge in [0.15, 0.2) is 5.78 Å². The minimum Gasteiger partial charge on any atom is -1.00 e. The van der Waals surface area contributed by atoms with Crippen molar-refractivity contribution >= 4 is 11.7 Å². The molecule has 3 aliphatic heterocycles. The van der Waals surface area contributed by atoms with Crippen molar-refractivity contribution in [2.45, 2.75) is 52.4 Å². The van der Waals surface area contributed by atoms with E-state index >= 15 is 0 Å². The minimum atomic E-state index is 0. The predicted octanol–water partition coefficient (Wildman–Crippen LogP) is -0.467. The number of Topliss-reactive ketones (excluding diaryl/α,β-unsaturated/α-hetero) is 1. The van der Waals surface area contributed by atoms with Gasteiger partial charge in [-0.1, -0.05) is 26.7 Å². The quantitative estimate of drug-likeness (QED) is 0.423. The van der Waals surface area contributed by atoms with Crippen molar-refractivity contribution in [3.63, 3.8) is 0 Å².